The molecule has 1 amide bonds. The Labute approximate surface area is 201 Å². The van der Waals surface area contributed by atoms with Gasteiger partial charge in [-0.25, -0.2) is 0 Å². The van der Waals surface area contributed by atoms with Gasteiger partial charge in [0.1, 0.15) is 5.69 Å². The molecule has 0 saturated heterocycles. The number of phenols is 1. The Bertz CT molecular complexity index is 1370. The molecule has 0 bridgehead atoms. The Morgan fingerprint density at radius 2 is 1.66 bits per heavy atom. The first-order valence-electron chi connectivity index (χ1n) is 9.63. The number of benzene rings is 4. The number of fused-ring (bicyclic) bond motifs is 1. The number of azo groups is 1. The fraction of sp³-hybridized carbons (Fsp3) is 0.0417. The average molecular weight is 478 g/mol. The van der Waals surface area contributed by atoms with Crippen LogP contribution in [0.4, 0.5) is 17.1 Å². The molecule has 0 atom stereocenters. The molecule has 0 aliphatic rings. The fourth-order valence-corrected chi connectivity index (χ4v) is 4.17. The van der Waals surface area contributed by atoms with Gasteiger partial charge >= 0.3 is 0 Å². The van der Waals surface area contributed by atoms with Gasteiger partial charge in [0.15, 0.2) is 5.75 Å². The Balaban J connectivity index is 1.80. The number of hydrogen-bond acceptors (Lipinski definition) is 7. The number of aromatic hydroxyl groups is 1. The molecule has 4 rings (SSSR count). The van der Waals surface area contributed by atoms with Crippen molar-refractivity contribution in [2.24, 2.45) is 10.2 Å². The SMILES string of the molecule is Cc1ccc(N=Nc2c(S)cc3cc(S)cc(NC(=O)c4ccccc4)c3c2O)c(S)c1. The van der Waals surface area contributed by atoms with Crippen LogP contribution in [0.1, 0.15) is 15.9 Å². The van der Waals surface area contributed by atoms with Crippen molar-refractivity contribution in [3.63, 3.8) is 0 Å². The lowest BCUT2D eigenvalue weighted by atomic mass is 10.1. The van der Waals surface area contributed by atoms with E-state index in [1.54, 1.807) is 48.5 Å². The van der Waals surface area contributed by atoms with Crippen LogP contribution in [-0.4, -0.2) is 11.0 Å². The number of rotatable bonds is 4. The maximum atomic E-state index is 12.7. The van der Waals surface area contributed by atoms with Crippen molar-refractivity contribution in [3.8, 4) is 5.75 Å². The van der Waals surface area contributed by atoms with E-state index in [0.29, 0.717) is 42.4 Å². The Morgan fingerprint density at radius 3 is 2.38 bits per heavy atom. The van der Waals surface area contributed by atoms with E-state index in [1.165, 1.54) is 0 Å². The molecule has 160 valence electrons. The summed E-state index contributed by atoms with van der Waals surface area (Å²) in [4.78, 5) is 14.5. The summed E-state index contributed by atoms with van der Waals surface area (Å²) in [6.07, 6.45) is 0. The van der Waals surface area contributed by atoms with Crippen LogP contribution in [0.5, 0.6) is 5.75 Å². The van der Waals surface area contributed by atoms with Gasteiger partial charge < -0.3 is 10.4 Å². The lowest BCUT2D eigenvalue weighted by molar-refractivity contribution is 0.102. The van der Waals surface area contributed by atoms with Crippen LogP contribution >= 0.6 is 37.9 Å². The summed E-state index contributed by atoms with van der Waals surface area (Å²) in [6.45, 7) is 1.96. The molecule has 0 aliphatic carbocycles. The van der Waals surface area contributed by atoms with Crippen LogP contribution in [0.25, 0.3) is 10.8 Å². The molecular formula is C24H19N3O2S3. The first kappa shape index (κ1) is 22.3. The number of hydrogen-bond donors (Lipinski definition) is 5. The van der Waals surface area contributed by atoms with Gasteiger partial charge in [0.05, 0.1) is 11.4 Å². The van der Waals surface area contributed by atoms with Gasteiger partial charge in [-0.15, -0.1) is 48.1 Å². The van der Waals surface area contributed by atoms with E-state index in [0.717, 1.165) is 5.56 Å². The van der Waals surface area contributed by atoms with Gasteiger partial charge in [-0.05, 0) is 60.3 Å². The van der Waals surface area contributed by atoms with Gasteiger partial charge in [0.2, 0.25) is 0 Å². The maximum Gasteiger partial charge on any atom is 0.255 e. The van der Waals surface area contributed by atoms with Crippen LogP contribution in [0.2, 0.25) is 0 Å². The summed E-state index contributed by atoms with van der Waals surface area (Å²) < 4.78 is 0. The number of aryl methyl sites for hydroxylation is 1. The number of phenolic OH excluding ortho intramolecular Hbond substituents is 1. The van der Waals surface area contributed by atoms with Crippen molar-refractivity contribution in [2.45, 2.75) is 21.6 Å². The van der Waals surface area contributed by atoms with Crippen LogP contribution in [0.3, 0.4) is 0 Å². The van der Waals surface area contributed by atoms with Gasteiger partial charge in [0, 0.05) is 25.6 Å². The Morgan fingerprint density at radius 1 is 0.906 bits per heavy atom. The third kappa shape index (κ3) is 4.62. The highest BCUT2D eigenvalue weighted by atomic mass is 32.1. The van der Waals surface area contributed by atoms with Crippen LogP contribution in [-0.2, 0) is 0 Å². The quantitative estimate of drug-likeness (QED) is 0.157. The zero-order valence-electron chi connectivity index (χ0n) is 16.9. The third-order valence-electron chi connectivity index (χ3n) is 4.82. The molecule has 32 heavy (non-hydrogen) atoms. The predicted molar refractivity (Wildman–Crippen MR) is 137 cm³/mol. The molecule has 0 fully saturated rings. The second-order valence-electron chi connectivity index (χ2n) is 7.20. The summed E-state index contributed by atoms with van der Waals surface area (Å²) in [5.74, 6) is -0.441. The zero-order chi connectivity index (χ0) is 22.8. The summed E-state index contributed by atoms with van der Waals surface area (Å²) in [5.41, 5.74) is 2.72. The van der Waals surface area contributed by atoms with Gasteiger partial charge in [-0.2, -0.15) is 0 Å². The number of nitrogens with zero attached hydrogens (tertiary/aromatic N) is 2. The van der Waals surface area contributed by atoms with E-state index >= 15 is 0 Å². The van der Waals surface area contributed by atoms with E-state index in [-0.39, 0.29) is 17.3 Å². The minimum Gasteiger partial charge on any atom is -0.505 e. The summed E-state index contributed by atoms with van der Waals surface area (Å²) in [6, 6.07) is 19.6. The first-order chi connectivity index (χ1) is 15.3. The molecule has 5 nitrogen and oxygen atoms in total. The molecule has 0 aliphatic heterocycles. The number of carbonyl (C=O) groups is 1. The molecule has 0 aromatic heterocycles. The van der Waals surface area contributed by atoms with Crippen molar-refractivity contribution in [1.82, 2.24) is 0 Å². The Kier molecular flexibility index (Phi) is 6.45. The molecule has 4 aromatic rings. The molecule has 0 spiro atoms. The molecule has 4 aromatic carbocycles. The molecule has 0 heterocycles. The summed E-state index contributed by atoms with van der Waals surface area (Å²) in [5, 5.41) is 23.5. The van der Waals surface area contributed by atoms with Crippen molar-refractivity contribution >= 4 is 71.6 Å². The third-order valence-corrected chi connectivity index (χ3v) is 5.78. The average Bonchev–Trinajstić information content (AvgIpc) is 2.75. The van der Waals surface area contributed by atoms with Gasteiger partial charge in [0.25, 0.3) is 5.91 Å². The van der Waals surface area contributed by atoms with Crippen molar-refractivity contribution < 1.29 is 9.90 Å². The van der Waals surface area contributed by atoms with E-state index in [2.05, 4.69) is 53.4 Å². The maximum absolute atomic E-state index is 12.7. The lowest BCUT2D eigenvalue weighted by Gasteiger charge is -2.14. The minimum atomic E-state index is -0.303. The smallest absolute Gasteiger partial charge is 0.255 e. The van der Waals surface area contributed by atoms with Crippen molar-refractivity contribution in [1.29, 1.82) is 0 Å². The second kappa shape index (κ2) is 9.28. The predicted octanol–water partition coefficient (Wildman–Crippen LogP) is 7.39. The highest BCUT2D eigenvalue weighted by Gasteiger charge is 2.17. The largest absolute Gasteiger partial charge is 0.505 e. The van der Waals surface area contributed by atoms with Crippen LogP contribution in [0.15, 0.2) is 91.6 Å². The van der Waals surface area contributed by atoms with Gasteiger partial charge in [-0.1, -0.05) is 24.3 Å². The fourth-order valence-electron chi connectivity index (χ4n) is 3.29. The number of anilines is 1. The van der Waals surface area contributed by atoms with Crippen LogP contribution in [0, 0.1) is 6.92 Å². The summed E-state index contributed by atoms with van der Waals surface area (Å²) >= 11 is 13.4. The number of carbonyl (C=O) groups excluding carboxylic acids is 1. The number of amides is 1. The number of nitrogens with one attached hydrogen (secondary N) is 1. The Hall–Kier alpha value is -2.94. The van der Waals surface area contributed by atoms with Crippen LogP contribution < -0.4 is 5.32 Å². The van der Waals surface area contributed by atoms with E-state index in [1.807, 2.05) is 25.1 Å². The van der Waals surface area contributed by atoms with Crippen molar-refractivity contribution in [2.75, 3.05) is 5.32 Å². The first-order valence-corrected chi connectivity index (χ1v) is 11.0. The van der Waals surface area contributed by atoms with Crippen molar-refractivity contribution in [3.05, 3.63) is 77.9 Å². The van der Waals surface area contributed by atoms with E-state index in [9.17, 15) is 9.90 Å². The standard InChI is InChI=1S/C24H19N3O2S3/c1-13-7-8-17(19(31)9-13)26-27-22-20(32)11-15-10-16(30)12-18(21(15)23(22)28)25-24(29)14-5-3-2-4-6-14/h2-12,28,30-32H,1H3,(H,25,29). The zero-order valence-corrected chi connectivity index (χ0v) is 19.6. The molecular weight excluding hydrogens is 458 g/mol. The second-order valence-corrected chi connectivity index (χ2v) is 8.68. The molecule has 0 unspecified atom stereocenters. The topological polar surface area (TPSA) is 74.0 Å². The molecule has 2 N–H and O–H groups in total. The van der Waals surface area contributed by atoms with Gasteiger partial charge in [-0.3, -0.25) is 4.79 Å². The normalized spacial score (nSPS) is 11.2. The molecule has 0 saturated carbocycles. The monoisotopic (exact) mass is 477 g/mol. The molecule has 8 heteroatoms. The molecule has 0 radical (unpaired) electrons. The summed E-state index contributed by atoms with van der Waals surface area (Å²) in [7, 11) is 0. The highest BCUT2D eigenvalue weighted by molar-refractivity contribution is 7.80. The lowest BCUT2D eigenvalue weighted by Crippen LogP contribution is -2.12. The number of thiol groups is 3. The van der Waals surface area contributed by atoms with E-state index < -0.39 is 0 Å². The minimum absolute atomic E-state index is 0.138. The highest BCUT2D eigenvalue weighted by Crippen LogP contribution is 2.45. The van der Waals surface area contributed by atoms with E-state index in [4.69, 9.17) is 0 Å².